The first-order valence-corrected chi connectivity index (χ1v) is 10.3. The summed E-state index contributed by atoms with van der Waals surface area (Å²) in [6.45, 7) is 7.00. The normalized spacial score (nSPS) is 15.3. The summed E-state index contributed by atoms with van der Waals surface area (Å²) in [6.07, 6.45) is 6.41. The van der Waals surface area contributed by atoms with Gasteiger partial charge in [-0.05, 0) is 61.9 Å². The van der Waals surface area contributed by atoms with Crippen molar-refractivity contribution < 1.29 is 0 Å². The number of pyridine rings is 1. The molecule has 1 aromatic carbocycles. The van der Waals surface area contributed by atoms with Crippen molar-refractivity contribution >= 4 is 22.5 Å². The Morgan fingerprint density at radius 1 is 1.21 bits per heavy atom. The number of aromatic nitrogens is 4. The summed E-state index contributed by atoms with van der Waals surface area (Å²) in [5, 5.41) is 14.1. The molecular weight excluding hydrogens is 360 g/mol. The minimum atomic E-state index is 0.557. The van der Waals surface area contributed by atoms with E-state index in [-0.39, 0.29) is 0 Å². The topological polar surface area (TPSA) is 62.2 Å². The van der Waals surface area contributed by atoms with Gasteiger partial charge in [-0.3, -0.25) is 9.08 Å². The molecule has 6 heteroatoms. The van der Waals surface area contributed by atoms with Crippen molar-refractivity contribution in [3.05, 3.63) is 59.4 Å². The molecule has 0 unspecified atom stereocenters. The van der Waals surface area contributed by atoms with Crippen molar-refractivity contribution in [1.82, 2.24) is 19.2 Å². The fourth-order valence-electron chi connectivity index (χ4n) is 4.51. The first kappa shape index (κ1) is 17.7. The first-order chi connectivity index (χ1) is 14.2. The third kappa shape index (κ3) is 2.85. The van der Waals surface area contributed by atoms with Crippen molar-refractivity contribution in [2.24, 2.45) is 0 Å². The van der Waals surface area contributed by atoms with E-state index in [0.717, 1.165) is 60.5 Å². The quantitative estimate of drug-likeness (QED) is 0.529. The van der Waals surface area contributed by atoms with Crippen molar-refractivity contribution in [1.29, 1.82) is 5.26 Å². The van der Waals surface area contributed by atoms with Crippen LogP contribution in [-0.4, -0.2) is 32.3 Å². The van der Waals surface area contributed by atoms with E-state index in [2.05, 4.69) is 45.7 Å². The zero-order chi connectivity index (χ0) is 20.0. The smallest absolute Gasteiger partial charge is 0.157 e. The summed E-state index contributed by atoms with van der Waals surface area (Å²) in [6, 6.07) is 12.6. The molecule has 146 valence electrons. The molecule has 1 aliphatic heterocycles. The molecule has 0 bridgehead atoms. The molecule has 4 aromatic rings. The second kappa shape index (κ2) is 6.93. The number of nitriles is 1. The van der Waals surface area contributed by atoms with Gasteiger partial charge in [0.1, 0.15) is 11.9 Å². The number of anilines is 1. The maximum absolute atomic E-state index is 9.70. The van der Waals surface area contributed by atoms with Crippen molar-refractivity contribution in [3.63, 3.8) is 0 Å². The van der Waals surface area contributed by atoms with Gasteiger partial charge < -0.3 is 4.90 Å². The lowest BCUT2D eigenvalue weighted by atomic mass is 9.91. The second-order valence-electron chi connectivity index (χ2n) is 7.82. The van der Waals surface area contributed by atoms with Crippen LogP contribution >= 0.6 is 0 Å². The van der Waals surface area contributed by atoms with Crippen LogP contribution in [0.4, 0.5) is 5.82 Å². The standard InChI is InChI=1S/C23H24N6/c1-3-28-15-18(14-25-28)17-8-10-27(11-9-17)22-12-16(2)19(13-24)23-26-20-6-4-5-7-21(20)29(22)23/h4-7,12,14-15,17H,3,8-11H2,1-2H3. The minimum Gasteiger partial charge on any atom is -0.358 e. The van der Waals surface area contributed by atoms with Crippen LogP contribution in [0.5, 0.6) is 0 Å². The van der Waals surface area contributed by atoms with E-state index >= 15 is 0 Å². The number of benzene rings is 1. The Balaban J connectivity index is 1.53. The van der Waals surface area contributed by atoms with Crippen LogP contribution in [0.2, 0.25) is 0 Å². The van der Waals surface area contributed by atoms with E-state index in [0.29, 0.717) is 11.5 Å². The summed E-state index contributed by atoms with van der Waals surface area (Å²) >= 11 is 0. The number of aryl methyl sites for hydroxylation is 2. The Morgan fingerprint density at radius 2 is 2.00 bits per heavy atom. The van der Waals surface area contributed by atoms with E-state index in [9.17, 15) is 5.26 Å². The van der Waals surface area contributed by atoms with Gasteiger partial charge in [0, 0.05) is 25.8 Å². The van der Waals surface area contributed by atoms with E-state index < -0.39 is 0 Å². The molecule has 1 saturated heterocycles. The number of hydrogen-bond acceptors (Lipinski definition) is 4. The van der Waals surface area contributed by atoms with Gasteiger partial charge in [-0.25, -0.2) is 4.98 Å². The largest absolute Gasteiger partial charge is 0.358 e. The Morgan fingerprint density at radius 3 is 2.72 bits per heavy atom. The Hall–Kier alpha value is -3.33. The van der Waals surface area contributed by atoms with Gasteiger partial charge in [-0.1, -0.05) is 12.1 Å². The third-order valence-electron chi connectivity index (χ3n) is 6.13. The predicted molar refractivity (Wildman–Crippen MR) is 114 cm³/mol. The maximum Gasteiger partial charge on any atom is 0.157 e. The number of nitrogens with zero attached hydrogens (tertiary/aromatic N) is 6. The summed E-state index contributed by atoms with van der Waals surface area (Å²) < 4.78 is 4.17. The van der Waals surface area contributed by atoms with E-state index in [1.54, 1.807) is 0 Å². The predicted octanol–water partition coefficient (Wildman–Crippen LogP) is 4.27. The lowest BCUT2D eigenvalue weighted by Crippen LogP contribution is -2.34. The summed E-state index contributed by atoms with van der Waals surface area (Å²) in [5.74, 6) is 1.69. The molecule has 0 atom stereocenters. The van der Waals surface area contributed by atoms with Gasteiger partial charge in [-0.15, -0.1) is 0 Å². The molecule has 1 fully saturated rings. The highest BCUT2D eigenvalue weighted by atomic mass is 15.3. The second-order valence-corrected chi connectivity index (χ2v) is 7.82. The van der Waals surface area contributed by atoms with Crippen molar-refractivity contribution in [2.45, 2.75) is 39.2 Å². The summed E-state index contributed by atoms with van der Waals surface area (Å²) in [5.41, 5.74) is 5.73. The molecule has 1 aliphatic rings. The molecule has 0 amide bonds. The van der Waals surface area contributed by atoms with E-state index in [4.69, 9.17) is 4.98 Å². The molecule has 0 radical (unpaired) electrons. The van der Waals surface area contributed by atoms with Crippen LogP contribution in [0.1, 0.15) is 42.4 Å². The van der Waals surface area contributed by atoms with Gasteiger partial charge in [0.05, 0.1) is 22.8 Å². The SMILES string of the molecule is CCn1cc(C2CCN(c3cc(C)c(C#N)c4nc5ccccc5n34)CC2)cn1. The monoisotopic (exact) mass is 384 g/mol. The number of para-hydroxylation sites is 2. The van der Waals surface area contributed by atoms with Gasteiger partial charge in [0.2, 0.25) is 0 Å². The summed E-state index contributed by atoms with van der Waals surface area (Å²) in [4.78, 5) is 7.22. The number of rotatable bonds is 3. The highest BCUT2D eigenvalue weighted by molar-refractivity contribution is 5.85. The molecular formula is C23H24N6. The van der Waals surface area contributed by atoms with Crippen molar-refractivity contribution in [3.8, 4) is 6.07 Å². The Bertz CT molecular complexity index is 1230. The van der Waals surface area contributed by atoms with Gasteiger partial charge in [-0.2, -0.15) is 10.4 Å². The van der Waals surface area contributed by atoms with Crippen LogP contribution in [0.15, 0.2) is 42.7 Å². The number of fused-ring (bicyclic) bond motifs is 3. The number of piperidine rings is 1. The van der Waals surface area contributed by atoms with Crippen molar-refractivity contribution in [2.75, 3.05) is 18.0 Å². The lowest BCUT2D eigenvalue weighted by Gasteiger charge is -2.34. The van der Waals surface area contributed by atoms with Gasteiger partial charge in [0.25, 0.3) is 0 Å². The molecule has 0 N–H and O–H groups in total. The number of imidazole rings is 1. The number of hydrogen-bond donors (Lipinski definition) is 0. The Labute approximate surface area is 170 Å². The third-order valence-corrected chi connectivity index (χ3v) is 6.13. The minimum absolute atomic E-state index is 0.557. The molecule has 5 rings (SSSR count). The van der Waals surface area contributed by atoms with Crippen LogP contribution in [0.3, 0.4) is 0 Å². The zero-order valence-electron chi connectivity index (χ0n) is 16.8. The van der Waals surface area contributed by atoms with Crippen LogP contribution < -0.4 is 4.90 Å². The first-order valence-electron chi connectivity index (χ1n) is 10.3. The fourth-order valence-corrected chi connectivity index (χ4v) is 4.51. The Kier molecular flexibility index (Phi) is 4.24. The molecule has 3 aromatic heterocycles. The summed E-state index contributed by atoms with van der Waals surface area (Å²) in [7, 11) is 0. The van der Waals surface area contributed by atoms with Gasteiger partial charge >= 0.3 is 0 Å². The van der Waals surface area contributed by atoms with Crippen LogP contribution in [0, 0.1) is 18.3 Å². The van der Waals surface area contributed by atoms with E-state index in [1.807, 2.05) is 36.0 Å². The molecule has 29 heavy (non-hydrogen) atoms. The fraction of sp³-hybridized carbons (Fsp3) is 0.348. The van der Waals surface area contributed by atoms with Crippen LogP contribution in [0.25, 0.3) is 16.7 Å². The molecule has 0 spiro atoms. The van der Waals surface area contributed by atoms with Gasteiger partial charge in [0.15, 0.2) is 5.65 Å². The van der Waals surface area contributed by atoms with E-state index in [1.165, 1.54) is 5.56 Å². The molecule has 6 nitrogen and oxygen atoms in total. The molecule has 0 saturated carbocycles. The lowest BCUT2D eigenvalue weighted by molar-refractivity contribution is 0.501. The maximum atomic E-state index is 9.70. The average molecular weight is 384 g/mol. The average Bonchev–Trinajstić information content (AvgIpc) is 3.38. The highest BCUT2D eigenvalue weighted by Gasteiger charge is 2.25. The van der Waals surface area contributed by atoms with Crippen LogP contribution in [-0.2, 0) is 6.54 Å². The highest BCUT2D eigenvalue weighted by Crippen LogP contribution is 2.33. The zero-order valence-corrected chi connectivity index (χ0v) is 16.8. The molecule has 4 heterocycles. The molecule has 0 aliphatic carbocycles.